The Morgan fingerprint density at radius 1 is 0.455 bits per heavy atom. The van der Waals surface area contributed by atoms with Crippen LogP contribution in [0.3, 0.4) is 0 Å². The fourth-order valence-corrected chi connectivity index (χ4v) is 6.15. The van der Waals surface area contributed by atoms with E-state index in [1.54, 1.807) is 0 Å². The smallest absolute Gasteiger partial charge is 0.368 e. The van der Waals surface area contributed by atoms with Crippen molar-refractivity contribution in [1.82, 2.24) is 0 Å². The van der Waals surface area contributed by atoms with Crippen LogP contribution < -0.4 is 10.4 Å². The summed E-state index contributed by atoms with van der Waals surface area (Å²) < 4.78 is 168. The first-order chi connectivity index (χ1) is 14.9. The van der Waals surface area contributed by atoms with Gasteiger partial charge in [-0.3, -0.25) is 0 Å². The van der Waals surface area contributed by atoms with Crippen molar-refractivity contribution in [3.63, 3.8) is 0 Å². The van der Waals surface area contributed by atoms with Gasteiger partial charge >= 0.3 is 33.3 Å². The van der Waals surface area contributed by atoms with Gasteiger partial charge in [0.15, 0.2) is 0 Å². The van der Waals surface area contributed by atoms with Gasteiger partial charge < -0.3 is 8.85 Å². The summed E-state index contributed by atoms with van der Waals surface area (Å²) in [5.41, 5.74) is 0. The van der Waals surface area contributed by atoms with Crippen molar-refractivity contribution < 1.29 is 61.5 Å². The molecule has 15 heteroatoms. The molecule has 0 unspecified atom stereocenters. The lowest BCUT2D eigenvalue weighted by molar-refractivity contribution is -0.319. The molecule has 33 heavy (non-hydrogen) atoms. The summed E-state index contributed by atoms with van der Waals surface area (Å²) in [5.74, 6) is 0. The van der Waals surface area contributed by atoms with E-state index in [1.807, 2.05) is 0 Å². The molecule has 0 aromatic heterocycles. The quantitative estimate of drug-likeness (QED) is 0.385. The Hall–Kier alpha value is -2.26. The van der Waals surface area contributed by atoms with Crippen LogP contribution in [0, 0.1) is 0 Å². The SMILES string of the molecule is FC(F)(F)C(O[Si](OC(C(F)(F)F)C(F)(F)F)(c1ccccc1)c1ccccc1)C(F)(F)F. The van der Waals surface area contributed by atoms with Crippen LogP contribution in [-0.4, -0.2) is 45.5 Å². The zero-order valence-corrected chi connectivity index (χ0v) is 16.8. The molecule has 2 rings (SSSR count). The van der Waals surface area contributed by atoms with E-state index in [1.165, 1.54) is 12.1 Å². The van der Waals surface area contributed by atoms with E-state index < -0.39 is 55.8 Å². The van der Waals surface area contributed by atoms with E-state index in [0.29, 0.717) is 0 Å². The van der Waals surface area contributed by atoms with Crippen LogP contribution in [0.2, 0.25) is 0 Å². The summed E-state index contributed by atoms with van der Waals surface area (Å²) >= 11 is 0. The molecular formula is C18H12F12O2Si. The molecule has 0 amide bonds. The lowest BCUT2D eigenvalue weighted by Gasteiger charge is -2.39. The van der Waals surface area contributed by atoms with Gasteiger partial charge in [0, 0.05) is 0 Å². The number of alkyl halides is 12. The molecule has 0 radical (unpaired) electrons. The molecular weight excluding hydrogens is 504 g/mol. The first kappa shape index (κ1) is 27.0. The summed E-state index contributed by atoms with van der Waals surface area (Å²) in [5, 5.41) is -1.68. The number of benzene rings is 2. The van der Waals surface area contributed by atoms with Crippen LogP contribution in [0.15, 0.2) is 60.7 Å². The maximum absolute atomic E-state index is 13.3. The number of halogens is 12. The van der Waals surface area contributed by atoms with E-state index in [4.69, 9.17) is 0 Å². The van der Waals surface area contributed by atoms with Crippen molar-refractivity contribution in [3.05, 3.63) is 60.7 Å². The highest BCUT2D eigenvalue weighted by atomic mass is 28.4. The van der Waals surface area contributed by atoms with Crippen LogP contribution in [0.1, 0.15) is 0 Å². The van der Waals surface area contributed by atoms with Gasteiger partial charge in [-0.05, 0) is 10.4 Å². The number of hydrogen-bond acceptors (Lipinski definition) is 2. The van der Waals surface area contributed by atoms with Gasteiger partial charge in [-0.2, -0.15) is 52.7 Å². The molecule has 0 heterocycles. The Labute approximate surface area is 179 Å². The molecule has 0 bridgehead atoms. The largest absolute Gasteiger partial charge is 0.422 e. The molecule has 0 saturated heterocycles. The van der Waals surface area contributed by atoms with Gasteiger partial charge in [0.05, 0.1) is 0 Å². The van der Waals surface area contributed by atoms with Crippen LogP contribution in [0.25, 0.3) is 0 Å². The van der Waals surface area contributed by atoms with E-state index in [-0.39, 0.29) is 0 Å². The highest BCUT2D eigenvalue weighted by molar-refractivity contribution is 6.92. The standard InChI is InChI=1S/C18H12F12O2Si/c19-15(20,21)13(16(22,23)24)31-33(11-7-3-1-4-8-11,12-9-5-2-6-10-12)32-14(17(25,26)27)18(28,29)30/h1-10,13-14H. The summed E-state index contributed by atoms with van der Waals surface area (Å²) in [6, 6.07) is 9.23. The monoisotopic (exact) mass is 516 g/mol. The van der Waals surface area contributed by atoms with Gasteiger partial charge in [0.1, 0.15) is 0 Å². The Morgan fingerprint density at radius 2 is 0.697 bits per heavy atom. The second-order valence-corrected chi connectivity index (χ2v) is 9.37. The van der Waals surface area contributed by atoms with E-state index in [0.717, 1.165) is 48.5 Å². The first-order valence-electron chi connectivity index (χ1n) is 8.62. The van der Waals surface area contributed by atoms with E-state index in [2.05, 4.69) is 8.85 Å². The van der Waals surface area contributed by atoms with E-state index >= 15 is 0 Å². The van der Waals surface area contributed by atoms with Crippen LogP contribution in [0.4, 0.5) is 52.7 Å². The van der Waals surface area contributed by atoms with Crippen molar-refractivity contribution in [2.75, 3.05) is 0 Å². The molecule has 0 aliphatic carbocycles. The highest BCUT2D eigenvalue weighted by Gasteiger charge is 2.67. The number of rotatable bonds is 6. The highest BCUT2D eigenvalue weighted by Crippen LogP contribution is 2.41. The average Bonchev–Trinajstić information content (AvgIpc) is 2.66. The van der Waals surface area contributed by atoms with E-state index in [9.17, 15) is 52.7 Å². The molecule has 0 atom stereocenters. The zero-order valence-electron chi connectivity index (χ0n) is 15.8. The minimum atomic E-state index is -6.24. The molecule has 0 aliphatic rings. The lowest BCUT2D eigenvalue weighted by Crippen LogP contribution is -2.70. The molecule has 0 N–H and O–H groups in total. The molecule has 184 valence electrons. The summed E-state index contributed by atoms with van der Waals surface area (Å²) in [4.78, 5) is 0. The third-order valence-corrected chi connectivity index (χ3v) is 7.39. The summed E-state index contributed by atoms with van der Waals surface area (Å²) in [6.45, 7) is 0. The lowest BCUT2D eigenvalue weighted by atomic mass is 10.3. The third kappa shape index (κ3) is 6.41. The van der Waals surface area contributed by atoms with Crippen molar-refractivity contribution in [3.8, 4) is 0 Å². The Kier molecular flexibility index (Phi) is 7.50. The molecule has 0 fully saturated rings. The van der Waals surface area contributed by atoms with Crippen LogP contribution >= 0.6 is 0 Å². The Morgan fingerprint density at radius 3 is 0.909 bits per heavy atom. The van der Waals surface area contributed by atoms with Crippen molar-refractivity contribution >= 4 is 18.9 Å². The second kappa shape index (κ2) is 9.17. The van der Waals surface area contributed by atoms with Crippen molar-refractivity contribution in [1.29, 1.82) is 0 Å². The minimum absolute atomic E-state index is 0.729. The molecule has 2 nitrogen and oxygen atoms in total. The predicted molar refractivity (Wildman–Crippen MR) is 91.9 cm³/mol. The normalized spacial score (nSPS) is 14.2. The summed E-state index contributed by atoms with van der Waals surface area (Å²) in [6.07, 6.45) is -34.4. The maximum atomic E-state index is 13.3. The zero-order chi connectivity index (χ0) is 25.3. The fraction of sp³-hybridized carbons (Fsp3) is 0.333. The number of hydrogen-bond donors (Lipinski definition) is 0. The summed E-state index contributed by atoms with van der Waals surface area (Å²) in [7, 11) is -5.99. The topological polar surface area (TPSA) is 18.5 Å². The Bertz CT molecular complexity index is 788. The molecule has 0 saturated carbocycles. The van der Waals surface area contributed by atoms with Gasteiger partial charge in [0.2, 0.25) is 12.2 Å². The van der Waals surface area contributed by atoms with Crippen molar-refractivity contribution in [2.24, 2.45) is 0 Å². The molecule has 0 spiro atoms. The third-order valence-electron chi connectivity index (χ3n) is 4.06. The molecule has 2 aromatic rings. The van der Waals surface area contributed by atoms with Crippen LogP contribution in [0.5, 0.6) is 0 Å². The minimum Gasteiger partial charge on any atom is -0.368 e. The molecule has 0 aliphatic heterocycles. The average molecular weight is 516 g/mol. The van der Waals surface area contributed by atoms with Gasteiger partial charge in [-0.1, -0.05) is 60.7 Å². The fourth-order valence-electron chi connectivity index (χ4n) is 2.75. The van der Waals surface area contributed by atoms with Gasteiger partial charge in [-0.15, -0.1) is 0 Å². The molecule has 2 aromatic carbocycles. The second-order valence-electron chi connectivity index (χ2n) is 6.51. The Balaban J connectivity index is 2.88. The van der Waals surface area contributed by atoms with Gasteiger partial charge in [-0.25, -0.2) is 0 Å². The maximum Gasteiger partial charge on any atom is 0.422 e. The van der Waals surface area contributed by atoms with Crippen molar-refractivity contribution in [2.45, 2.75) is 36.9 Å². The van der Waals surface area contributed by atoms with Crippen LogP contribution in [-0.2, 0) is 8.85 Å². The predicted octanol–water partition coefficient (Wildman–Crippen LogP) is 5.26. The first-order valence-corrected chi connectivity index (χ1v) is 10.4. The van der Waals surface area contributed by atoms with Gasteiger partial charge in [0.25, 0.3) is 0 Å².